The Labute approximate surface area is 97.8 Å². The molecule has 0 bridgehead atoms. The van der Waals surface area contributed by atoms with Crippen LogP contribution in [0.1, 0.15) is 79.6 Å². The lowest BCUT2D eigenvalue weighted by molar-refractivity contribution is 0.255. The summed E-state index contributed by atoms with van der Waals surface area (Å²) in [6.45, 7) is 11.8. The van der Waals surface area contributed by atoms with E-state index >= 15 is 0 Å². The van der Waals surface area contributed by atoms with Gasteiger partial charge in [0, 0.05) is 0 Å². The number of hydrogen-bond acceptors (Lipinski definition) is 0. The molecule has 0 heteroatoms. The lowest BCUT2D eigenvalue weighted by Gasteiger charge is -2.26. The topological polar surface area (TPSA) is 0 Å². The summed E-state index contributed by atoms with van der Waals surface area (Å²) in [5, 5.41) is 0. The van der Waals surface area contributed by atoms with Gasteiger partial charge < -0.3 is 0 Å². The summed E-state index contributed by atoms with van der Waals surface area (Å²) in [6, 6.07) is 0. The highest BCUT2D eigenvalue weighted by Crippen LogP contribution is 2.29. The zero-order chi connectivity index (χ0) is 11.7. The van der Waals surface area contributed by atoms with Gasteiger partial charge in [0.05, 0.1) is 0 Å². The molecular formula is C15H32. The Balaban J connectivity index is 4.01. The van der Waals surface area contributed by atoms with Gasteiger partial charge in [-0.3, -0.25) is 0 Å². The molecule has 15 heavy (non-hydrogen) atoms. The first kappa shape index (κ1) is 15.0. The Morgan fingerprint density at radius 2 is 1.27 bits per heavy atom. The van der Waals surface area contributed by atoms with Crippen LogP contribution in [0.2, 0.25) is 0 Å². The second-order valence-electron chi connectivity index (χ2n) is 5.23. The maximum atomic E-state index is 2.47. The molecule has 0 nitrogen and oxygen atoms in total. The normalized spacial score (nSPS) is 13.8. The van der Waals surface area contributed by atoms with Crippen LogP contribution in [0.25, 0.3) is 0 Å². The third kappa shape index (κ3) is 6.22. The predicted molar refractivity (Wildman–Crippen MR) is 71.2 cm³/mol. The monoisotopic (exact) mass is 212 g/mol. The minimum atomic E-state index is 0.933. The molecule has 0 amide bonds. The molecule has 0 fully saturated rings. The van der Waals surface area contributed by atoms with Crippen molar-refractivity contribution in [2.75, 3.05) is 0 Å². The van der Waals surface area contributed by atoms with Gasteiger partial charge in [0.2, 0.25) is 0 Å². The summed E-state index contributed by atoms with van der Waals surface area (Å²) in [5.41, 5.74) is 0. The molecule has 0 saturated carbocycles. The van der Waals surface area contributed by atoms with E-state index in [-0.39, 0.29) is 0 Å². The van der Waals surface area contributed by atoms with Crippen LogP contribution in [-0.4, -0.2) is 0 Å². The van der Waals surface area contributed by atoms with Crippen LogP contribution < -0.4 is 0 Å². The van der Waals surface area contributed by atoms with Crippen molar-refractivity contribution in [3.8, 4) is 0 Å². The molecule has 0 aliphatic heterocycles. The Morgan fingerprint density at radius 3 is 1.60 bits per heavy atom. The van der Waals surface area contributed by atoms with E-state index in [0.29, 0.717) is 0 Å². The average Bonchev–Trinajstić information content (AvgIpc) is 2.20. The minimum absolute atomic E-state index is 0.933. The van der Waals surface area contributed by atoms with Crippen molar-refractivity contribution in [1.82, 2.24) is 0 Å². The van der Waals surface area contributed by atoms with E-state index in [9.17, 15) is 0 Å². The first-order valence-corrected chi connectivity index (χ1v) is 7.19. The third-order valence-corrected chi connectivity index (χ3v) is 3.95. The Morgan fingerprint density at radius 1 is 0.800 bits per heavy atom. The van der Waals surface area contributed by atoms with E-state index in [1.54, 1.807) is 0 Å². The Hall–Kier alpha value is 0. The summed E-state index contributed by atoms with van der Waals surface area (Å²) >= 11 is 0. The van der Waals surface area contributed by atoms with Crippen LogP contribution in [0.5, 0.6) is 0 Å². The summed E-state index contributed by atoms with van der Waals surface area (Å²) in [5.74, 6) is 2.89. The lowest BCUT2D eigenvalue weighted by Crippen LogP contribution is -2.14. The molecule has 0 N–H and O–H groups in total. The van der Waals surface area contributed by atoms with Crippen LogP contribution >= 0.6 is 0 Å². The fourth-order valence-electron chi connectivity index (χ4n) is 3.01. The predicted octanol–water partition coefficient (Wildman–Crippen LogP) is 5.67. The van der Waals surface area contributed by atoms with Crippen molar-refractivity contribution in [2.45, 2.75) is 79.6 Å². The van der Waals surface area contributed by atoms with Gasteiger partial charge in [-0.15, -0.1) is 0 Å². The van der Waals surface area contributed by atoms with Crippen molar-refractivity contribution in [3.05, 3.63) is 0 Å². The van der Waals surface area contributed by atoms with Crippen molar-refractivity contribution < 1.29 is 0 Å². The SMILES string of the molecule is CCCC(CCC)CC(C)C(CC)CC. The van der Waals surface area contributed by atoms with E-state index in [2.05, 4.69) is 34.6 Å². The Bertz CT molecular complexity index is 118. The molecule has 1 atom stereocenters. The quantitative estimate of drug-likeness (QED) is 0.462. The smallest absolute Gasteiger partial charge is 0.0394 e. The lowest BCUT2D eigenvalue weighted by atomic mass is 9.80. The number of hydrogen-bond donors (Lipinski definition) is 0. The highest BCUT2D eigenvalue weighted by molar-refractivity contribution is 4.69. The van der Waals surface area contributed by atoms with Crippen molar-refractivity contribution in [3.63, 3.8) is 0 Å². The largest absolute Gasteiger partial charge is 0.0654 e. The highest BCUT2D eigenvalue weighted by atomic mass is 14.2. The molecule has 92 valence electrons. The molecule has 0 aliphatic carbocycles. The summed E-state index contributed by atoms with van der Waals surface area (Å²) in [7, 11) is 0. The van der Waals surface area contributed by atoms with Gasteiger partial charge in [0.25, 0.3) is 0 Å². The first-order chi connectivity index (χ1) is 7.19. The molecule has 1 unspecified atom stereocenters. The second kappa shape index (κ2) is 9.24. The standard InChI is InChI=1S/C15H32/c1-6-10-14(11-7-2)12-13(5)15(8-3)9-4/h13-15H,6-12H2,1-5H3. The fraction of sp³-hybridized carbons (Fsp3) is 1.00. The molecule has 0 saturated heterocycles. The second-order valence-corrected chi connectivity index (χ2v) is 5.23. The molecule has 0 rings (SSSR count). The van der Waals surface area contributed by atoms with Gasteiger partial charge in [0.1, 0.15) is 0 Å². The summed E-state index contributed by atoms with van der Waals surface area (Å²) in [6.07, 6.45) is 9.80. The van der Waals surface area contributed by atoms with Crippen LogP contribution in [0.3, 0.4) is 0 Å². The van der Waals surface area contributed by atoms with Gasteiger partial charge in [-0.25, -0.2) is 0 Å². The molecule has 0 aromatic heterocycles. The Kier molecular flexibility index (Phi) is 9.24. The molecule has 0 radical (unpaired) electrons. The van der Waals surface area contributed by atoms with E-state index in [0.717, 1.165) is 17.8 Å². The van der Waals surface area contributed by atoms with Crippen molar-refractivity contribution in [1.29, 1.82) is 0 Å². The van der Waals surface area contributed by atoms with E-state index in [1.165, 1.54) is 44.9 Å². The van der Waals surface area contributed by atoms with Crippen molar-refractivity contribution in [2.24, 2.45) is 17.8 Å². The van der Waals surface area contributed by atoms with Gasteiger partial charge in [-0.2, -0.15) is 0 Å². The molecular weight excluding hydrogens is 180 g/mol. The molecule has 0 spiro atoms. The third-order valence-electron chi connectivity index (χ3n) is 3.95. The van der Waals surface area contributed by atoms with Gasteiger partial charge in [0.15, 0.2) is 0 Å². The first-order valence-electron chi connectivity index (χ1n) is 7.19. The van der Waals surface area contributed by atoms with Gasteiger partial charge in [-0.1, -0.05) is 73.1 Å². The highest BCUT2D eigenvalue weighted by Gasteiger charge is 2.17. The van der Waals surface area contributed by atoms with E-state index < -0.39 is 0 Å². The van der Waals surface area contributed by atoms with Crippen LogP contribution in [-0.2, 0) is 0 Å². The maximum Gasteiger partial charge on any atom is -0.0394 e. The van der Waals surface area contributed by atoms with E-state index in [4.69, 9.17) is 0 Å². The average molecular weight is 212 g/mol. The van der Waals surface area contributed by atoms with Crippen LogP contribution in [0.4, 0.5) is 0 Å². The van der Waals surface area contributed by atoms with Crippen LogP contribution in [0, 0.1) is 17.8 Å². The molecule has 0 aromatic carbocycles. The van der Waals surface area contributed by atoms with Crippen LogP contribution in [0.15, 0.2) is 0 Å². The molecule has 0 aromatic rings. The fourth-order valence-corrected chi connectivity index (χ4v) is 3.01. The zero-order valence-corrected chi connectivity index (χ0v) is 11.7. The van der Waals surface area contributed by atoms with E-state index in [1.807, 2.05) is 0 Å². The van der Waals surface area contributed by atoms with Gasteiger partial charge >= 0.3 is 0 Å². The summed E-state index contributed by atoms with van der Waals surface area (Å²) < 4.78 is 0. The zero-order valence-electron chi connectivity index (χ0n) is 11.7. The summed E-state index contributed by atoms with van der Waals surface area (Å²) in [4.78, 5) is 0. The molecule has 0 heterocycles. The maximum absolute atomic E-state index is 2.47. The molecule has 0 aliphatic rings. The van der Waals surface area contributed by atoms with Crippen molar-refractivity contribution >= 4 is 0 Å². The minimum Gasteiger partial charge on any atom is -0.0654 e. The number of rotatable bonds is 9. The van der Waals surface area contributed by atoms with Gasteiger partial charge in [-0.05, 0) is 24.2 Å².